The van der Waals surface area contributed by atoms with Crippen LogP contribution in [0.5, 0.6) is 5.75 Å². The number of amides is 1. The molecule has 3 aromatic rings. The van der Waals surface area contributed by atoms with Gasteiger partial charge in [0.25, 0.3) is 15.9 Å². The maximum atomic E-state index is 13.1. The SMILES string of the molecule is Cc1cccc(NS(=O)(=O)c2cc(C(=O)NCCOc3ccc(S(=O)(=O)N4CCCCC4)cc3)ccc2Cl)c1C. The van der Waals surface area contributed by atoms with E-state index in [2.05, 4.69) is 10.0 Å². The number of nitrogens with zero attached hydrogens (tertiary/aromatic N) is 1. The first-order valence-corrected chi connectivity index (χ1v) is 16.2. The standard InChI is InChI=1S/C28H32ClN3O6S2/c1-20-7-6-8-26(21(20)2)31-39(34,35)27-19-22(9-14-25(27)29)28(33)30-15-18-38-23-10-12-24(13-11-23)40(36,37)32-16-4-3-5-17-32/h6-14,19,31H,3-5,15-18H2,1-2H3,(H,30,33). The van der Waals surface area contributed by atoms with E-state index in [0.29, 0.717) is 24.5 Å². The van der Waals surface area contributed by atoms with Gasteiger partial charge in [0, 0.05) is 18.7 Å². The number of ether oxygens (including phenoxy) is 1. The van der Waals surface area contributed by atoms with Crippen molar-refractivity contribution in [3.63, 3.8) is 0 Å². The third kappa shape index (κ3) is 6.95. The molecule has 12 heteroatoms. The number of hydrogen-bond donors (Lipinski definition) is 2. The van der Waals surface area contributed by atoms with Crippen LogP contribution >= 0.6 is 11.6 Å². The van der Waals surface area contributed by atoms with Gasteiger partial charge in [-0.3, -0.25) is 9.52 Å². The summed E-state index contributed by atoms with van der Waals surface area (Å²) in [6.45, 7) is 5.01. The summed E-state index contributed by atoms with van der Waals surface area (Å²) in [5.74, 6) is -0.0318. The van der Waals surface area contributed by atoms with Gasteiger partial charge in [0.15, 0.2) is 0 Å². The van der Waals surface area contributed by atoms with Gasteiger partial charge in [0.2, 0.25) is 10.0 Å². The fourth-order valence-corrected chi connectivity index (χ4v) is 7.48. The molecule has 0 radical (unpaired) electrons. The highest BCUT2D eigenvalue weighted by atomic mass is 35.5. The van der Waals surface area contributed by atoms with E-state index in [0.717, 1.165) is 30.4 Å². The summed E-state index contributed by atoms with van der Waals surface area (Å²) in [6, 6.07) is 15.5. The van der Waals surface area contributed by atoms with Crippen molar-refractivity contribution >= 4 is 43.2 Å². The number of benzene rings is 3. The van der Waals surface area contributed by atoms with Gasteiger partial charge in [-0.05, 0) is 86.3 Å². The van der Waals surface area contributed by atoms with Crippen LogP contribution in [-0.4, -0.2) is 53.3 Å². The van der Waals surface area contributed by atoms with E-state index in [4.69, 9.17) is 16.3 Å². The highest BCUT2D eigenvalue weighted by Gasteiger charge is 2.26. The zero-order valence-electron chi connectivity index (χ0n) is 22.3. The van der Waals surface area contributed by atoms with Crippen LogP contribution < -0.4 is 14.8 Å². The van der Waals surface area contributed by atoms with E-state index in [-0.39, 0.29) is 33.5 Å². The number of aryl methyl sites for hydroxylation is 1. The van der Waals surface area contributed by atoms with Crippen molar-refractivity contribution in [2.45, 2.75) is 42.9 Å². The van der Waals surface area contributed by atoms with E-state index in [1.807, 2.05) is 19.9 Å². The lowest BCUT2D eigenvalue weighted by molar-refractivity contribution is 0.0946. The summed E-state index contributed by atoms with van der Waals surface area (Å²) in [5, 5.41) is 2.68. The minimum absolute atomic E-state index is 0.0107. The number of carbonyl (C=O) groups excluding carboxylic acids is 1. The summed E-state index contributed by atoms with van der Waals surface area (Å²) in [7, 11) is -7.58. The summed E-state index contributed by atoms with van der Waals surface area (Å²) in [6.07, 6.45) is 2.77. The van der Waals surface area contributed by atoms with Gasteiger partial charge >= 0.3 is 0 Å². The molecule has 9 nitrogen and oxygen atoms in total. The van der Waals surface area contributed by atoms with Crippen molar-refractivity contribution in [1.29, 1.82) is 0 Å². The number of carbonyl (C=O) groups is 1. The smallest absolute Gasteiger partial charge is 0.263 e. The first kappa shape index (κ1) is 29.9. The van der Waals surface area contributed by atoms with Crippen LogP contribution in [-0.2, 0) is 20.0 Å². The number of sulfonamides is 2. The molecule has 2 N–H and O–H groups in total. The number of halogens is 1. The monoisotopic (exact) mass is 605 g/mol. The van der Waals surface area contributed by atoms with Gasteiger partial charge in [-0.25, -0.2) is 16.8 Å². The number of anilines is 1. The topological polar surface area (TPSA) is 122 Å². The van der Waals surface area contributed by atoms with E-state index in [1.165, 1.54) is 34.6 Å². The normalized spacial score (nSPS) is 14.5. The summed E-state index contributed by atoms with van der Waals surface area (Å²) in [5.41, 5.74) is 2.27. The zero-order valence-corrected chi connectivity index (χ0v) is 24.7. The van der Waals surface area contributed by atoms with Crippen LogP contribution in [0.15, 0.2) is 70.5 Å². The molecular weight excluding hydrogens is 574 g/mol. The van der Waals surface area contributed by atoms with Crippen LogP contribution in [0.1, 0.15) is 40.7 Å². The van der Waals surface area contributed by atoms with Gasteiger partial charge in [-0.2, -0.15) is 4.31 Å². The van der Waals surface area contributed by atoms with Gasteiger partial charge in [-0.15, -0.1) is 0 Å². The molecule has 1 heterocycles. The molecule has 3 aromatic carbocycles. The Balaban J connectivity index is 1.33. The molecule has 40 heavy (non-hydrogen) atoms. The van der Waals surface area contributed by atoms with Crippen LogP contribution in [0.2, 0.25) is 5.02 Å². The minimum atomic E-state index is -4.05. The lowest BCUT2D eigenvalue weighted by atomic mass is 10.1. The van der Waals surface area contributed by atoms with Crippen LogP contribution in [0.25, 0.3) is 0 Å². The molecule has 0 atom stereocenters. The van der Waals surface area contributed by atoms with Crippen molar-refractivity contribution in [2.24, 2.45) is 0 Å². The van der Waals surface area contributed by atoms with Crippen molar-refractivity contribution in [2.75, 3.05) is 31.0 Å². The Bertz CT molecular complexity index is 1590. The molecule has 1 aliphatic heterocycles. The van der Waals surface area contributed by atoms with E-state index in [9.17, 15) is 21.6 Å². The Labute approximate surface area is 240 Å². The van der Waals surface area contributed by atoms with E-state index < -0.39 is 26.0 Å². The fourth-order valence-electron chi connectivity index (χ4n) is 4.31. The third-order valence-corrected chi connectivity index (χ3v) is 10.5. The predicted molar refractivity (Wildman–Crippen MR) is 155 cm³/mol. The van der Waals surface area contributed by atoms with Crippen LogP contribution in [0.3, 0.4) is 0 Å². The summed E-state index contributed by atoms with van der Waals surface area (Å²) in [4.78, 5) is 12.7. The average molecular weight is 606 g/mol. The van der Waals surface area contributed by atoms with E-state index in [1.54, 1.807) is 24.3 Å². The molecule has 0 unspecified atom stereocenters. The molecule has 0 saturated carbocycles. The molecule has 1 aliphatic rings. The van der Waals surface area contributed by atoms with Gasteiger partial charge < -0.3 is 10.1 Å². The maximum Gasteiger partial charge on any atom is 0.263 e. The van der Waals surface area contributed by atoms with Crippen LogP contribution in [0, 0.1) is 13.8 Å². The molecule has 0 aliphatic carbocycles. The molecule has 4 rings (SSSR count). The highest BCUT2D eigenvalue weighted by molar-refractivity contribution is 7.92. The molecule has 1 amide bonds. The molecule has 0 spiro atoms. The molecule has 0 bridgehead atoms. The lowest BCUT2D eigenvalue weighted by Crippen LogP contribution is -2.35. The maximum absolute atomic E-state index is 13.1. The number of hydrogen-bond acceptors (Lipinski definition) is 6. The summed E-state index contributed by atoms with van der Waals surface area (Å²) < 4.78 is 61.4. The van der Waals surface area contributed by atoms with Crippen molar-refractivity contribution in [1.82, 2.24) is 9.62 Å². The summed E-state index contributed by atoms with van der Waals surface area (Å²) >= 11 is 6.19. The molecule has 1 fully saturated rings. The Kier molecular flexibility index (Phi) is 9.40. The molecule has 0 aromatic heterocycles. The molecular formula is C28H32ClN3O6S2. The Morgan fingerprint density at radius 2 is 1.65 bits per heavy atom. The highest BCUT2D eigenvalue weighted by Crippen LogP contribution is 2.27. The molecule has 214 valence electrons. The second-order valence-corrected chi connectivity index (χ2v) is 13.5. The first-order valence-electron chi connectivity index (χ1n) is 12.9. The van der Waals surface area contributed by atoms with Gasteiger partial charge in [0.1, 0.15) is 17.3 Å². The number of rotatable bonds is 10. The Morgan fingerprint density at radius 1 is 0.950 bits per heavy atom. The van der Waals surface area contributed by atoms with E-state index >= 15 is 0 Å². The fraction of sp³-hybridized carbons (Fsp3) is 0.321. The number of piperidine rings is 1. The van der Waals surface area contributed by atoms with Crippen LogP contribution in [0.4, 0.5) is 5.69 Å². The Morgan fingerprint density at radius 3 is 2.35 bits per heavy atom. The second-order valence-electron chi connectivity index (χ2n) is 9.54. The Hall–Kier alpha value is -3.12. The number of nitrogens with one attached hydrogen (secondary N) is 2. The second kappa shape index (κ2) is 12.6. The molecule has 1 saturated heterocycles. The zero-order chi connectivity index (χ0) is 28.9. The van der Waals surface area contributed by atoms with Crippen molar-refractivity contribution in [3.05, 3.63) is 82.4 Å². The van der Waals surface area contributed by atoms with Crippen molar-refractivity contribution in [3.8, 4) is 5.75 Å². The quantitative estimate of drug-likeness (QED) is 0.322. The lowest BCUT2D eigenvalue weighted by Gasteiger charge is -2.25. The van der Waals surface area contributed by atoms with Gasteiger partial charge in [0.05, 0.1) is 22.2 Å². The first-order chi connectivity index (χ1) is 19.0. The predicted octanol–water partition coefficient (Wildman–Crippen LogP) is 4.74. The largest absolute Gasteiger partial charge is 0.492 e. The minimum Gasteiger partial charge on any atom is -0.492 e. The van der Waals surface area contributed by atoms with Crippen molar-refractivity contribution < 1.29 is 26.4 Å². The average Bonchev–Trinajstić information content (AvgIpc) is 2.94. The third-order valence-electron chi connectivity index (χ3n) is 6.76. The van der Waals surface area contributed by atoms with Gasteiger partial charge in [-0.1, -0.05) is 30.2 Å².